The number of hydrogen-bond donors (Lipinski definition) is 0. The van der Waals surface area contributed by atoms with E-state index in [0.717, 1.165) is 22.0 Å². The summed E-state index contributed by atoms with van der Waals surface area (Å²) in [4.78, 5) is 18.0. The SMILES string of the molecule is CN(Cc1cccc(Br)c1)c1nc2ccccn2c1C=O. The van der Waals surface area contributed by atoms with Gasteiger partial charge in [0, 0.05) is 24.3 Å². The number of benzene rings is 1. The van der Waals surface area contributed by atoms with E-state index >= 15 is 0 Å². The number of nitrogens with zero attached hydrogens (tertiary/aromatic N) is 3. The van der Waals surface area contributed by atoms with Crippen LogP contribution in [0.15, 0.2) is 53.1 Å². The highest BCUT2D eigenvalue weighted by atomic mass is 79.9. The molecule has 3 rings (SSSR count). The molecule has 0 atom stereocenters. The Kier molecular flexibility index (Phi) is 3.75. The molecular formula is C16H14BrN3O. The molecule has 0 radical (unpaired) electrons. The minimum atomic E-state index is 0.572. The Balaban J connectivity index is 1.97. The average Bonchev–Trinajstić information content (AvgIpc) is 2.86. The second-order valence-corrected chi connectivity index (χ2v) is 5.77. The topological polar surface area (TPSA) is 37.6 Å². The van der Waals surface area contributed by atoms with E-state index in [-0.39, 0.29) is 0 Å². The van der Waals surface area contributed by atoms with Gasteiger partial charge in [-0.3, -0.25) is 9.20 Å². The smallest absolute Gasteiger partial charge is 0.170 e. The summed E-state index contributed by atoms with van der Waals surface area (Å²) in [6.45, 7) is 0.685. The summed E-state index contributed by atoms with van der Waals surface area (Å²) in [5, 5.41) is 0. The fourth-order valence-electron chi connectivity index (χ4n) is 2.38. The highest BCUT2D eigenvalue weighted by Gasteiger charge is 2.15. The van der Waals surface area contributed by atoms with Crippen LogP contribution >= 0.6 is 15.9 Å². The zero-order chi connectivity index (χ0) is 14.8. The van der Waals surface area contributed by atoms with Crippen molar-refractivity contribution in [2.45, 2.75) is 6.54 Å². The quantitative estimate of drug-likeness (QED) is 0.680. The largest absolute Gasteiger partial charge is 0.353 e. The first-order valence-corrected chi connectivity index (χ1v) is 7.36. The Labute approximate surface area is 131 Å². The normalized spacial score (nSPS) is 10.8. The fourth-order valence-corrected chi connectivity index (χ4v) is 2.82. The Hall–Kier alpha value is -2.14. The number of carbonyl (C=O) groups is 1. The monoisotopic (exact) mass is 343 g/mol. The Morgan fingerprint density at radius 1 is 1.29 bits per heavy atom. The molecule has 106 valence electrons. The van der Waals surface area contributed by atoms with Crippen molar-refractivity contribution in [3.05, 3.63) is 64.4 Å². The highest BCUT2D eigenvalue weighted by molar-refractivity contribution is 9.10. The number of aromatic nitrogens is 2. The van der Waals surface area contributed by atoms with Crippen LogP contribution in [0.25, 0.3) is 5.65 Å². The molecule has 0 N–H and O–H groups in total. The van der Waals surface area contributed by atoms with E-state index < -0.39 is 0 Å². The number of pyridine rings is 1. The number of carbonyl (C=O) groups excluding carboxylic acids is 1. The van der Waals surface area contributed by atoms with Gasteiger partial charge in [0.1, 0.15) is 11.3 Å². The van der Waals surface area contributed by atoms with Gasteiger partial charge >= 0.3 is 0 Å². The van der Waals surface area contributed by atoms with Gasteiger partial charge in [0.15, 0.2) is 12.1 Å². The molecule has 2 aromatic heterocycles. The molecule has 2 heterocycles. The predicted octanol–water partition coefficient (Wildman–Crippen LogP) is 3.55. The number of rotatable bonds is 4. The zero-order valence-electron chi connectivity index (χ0n) is 11.5. The second-order valence-electron chi connectivity index (χ2n) is 4.85. The van der Waals surface area contributed by atoms with Gasteiger partial charge in [0.2, 0.25) is 0 Å². The molecule has 0 spiro atoms. The maximum Gasteiger partial charge on any atom is 0.170 e. The molecule has 1 aromatic carbocycles. The van der Waals surface area contributed by atoms with Crippen LogP contribution < -0.4 is 4.90 Å². The van der Waals surface area contributed by atoms with Gasteiger partial charge in [0.05, 0.1) is 0 Å². The molecule has 0 saturated heterocycles. The van der Waals surface area contributed by atoms with Crippen molar-refractivity contribution >= 4 is 33.7 Å². The number of aldehydes is 1. The Morgan fingerprint density at radius 3 is 2.90 bits per heavy atom. The van der Waals surface area contributed by atoms with Crippen molar-refractivity contribution in [3.8, 4) is 0 Å². The Morgan fingerprint density at radius 2 is 2.14 bits per heavy atom. The van der Waals surface area contributed by atoms with Crippen molar-refractivity contribution in [2.75, 3.05) is 11.9 Å². The van der Waals surface area contributed by atoms with Crippen molar-refractivity contribution in [1.29, 1.82) is 0 Å². The van der Waals surface area contributed by atoms with E-state index in [4.69, 9.17) is 0 Å². The summed E-state index contributed by atoms with van der Waals surface area (Å²) in [7, 11) is 1.94. The molecule has 0 fully saturated rings. The molecule has 0 aliphatic carbocycles. The highest BCUT2D eigenvalue weighted by Crippen LogP contribution is 2.21. The third-order valence-electron chi connectivity index (χ3n) is 3.33. The van der Waals surface area contributed by atoms with E-state index in [9.17, 15) is 4.79 Å². The van der Waals surface area contributed by atoms with Crippen molar-refractivity contribution in [2.24, 2.45) is 0 Å². The molecule has 5 heteroatoms. The number of anilines is 1. The van der Waals surface area contributed by atoms with Gasteiger partial charge in [-0.2, -0.15) is 0 Å². The number of fused-ring (bicyclic) bond motifs is 1. The maximum absolute atomic E-state index is 11.4. The first kappa shape index (κ1) is 13.8. The third-order valence-corrected chi connectivity index (χ3v) is 3.82. The van der Waals surface area contributed by atoms with Crippen LogP contribution in [0.1, 0.15) is 16.1 Å². The van der Waals surface area contributed by atoms with Crippen LogP contribution in [0.3, 0.4) is 0 Å². The number of imidazole rings is 1. The lowest BCUT2D eigenvalue weighted by Crippen LogP contribution is -2.18. The maximum atomic E-state index is 11.4. The lowest BCUT2D eigenvalue weighted by atomic mass is 10.2. The van der Waals surface area contributed by atoms with Crippen LogP contribution in [0.5, 0.6) is 0 Å². The average molecular weight is 344 g/mol. The summed E-state index contributed by atoms with van der Waals surface area (Å²) in [6, 6.07) is 13.8. The lowest BCUT2D eigenvalue weighted by Gasteiger charge is -2.17. The summed E-state index contributed by atoms with van der Waals surface area (Å²) in [5.41, 5.74) is 2.50. The first-order chi connectivity index (χ1) is 10.2. The molecule has 0 unspecified atom stereocenters. The van der Waals surface area contributed by atoms with Gasteiger partial charge in [-0.1, -0.05) is 34.1 Å². The summed E-state index contributed by atoms with van der Waals surface area (Å²) < 4.78 is 2.85. The first-order valence-electron chi connectivity index (χ1n) is 6.57. The minimum absolute atomic E-state index is 0.572. The lowest BCUT2D eigenvalue weighted by molar-refractivity contribution is 0.111. The predicted molar refractivity (Wildman–Crippen MR) is 86.8 cm³/mol. The van der Waals surface area contributed by atoms with Gasteiger partial charge < -0.3 is 4.90 Å². The molecule has 21 heavy (non-hydrogen) atoms. The van der Waals surface area contributed by atoms with E-state index in [2.05, 4.69) is 33.0 Å². The van der Waals surface area contributed by atoms with Crippen LogP contribution in [-0.2, 0) is 6.54 Å². The van der Waals surface area contributed by atoms with Crippen LogP contribution in [0, 0.1) is 0 Å². The van der Waals surface area contributed by atoms with E-state index in [1.54, 1.807) is 4.40 Å². The second kappa shape index (κ2) is 5.69. The standard InChI is InChI=1S/C16H14BrN3O/c1-19(10-12-5-4-6-13(17)9-12)16-14(11-21)20-8-3-2-7-15(20)18-16/h2-9,11H,10H2,1H3. The number of halogens is 1. The van der Waals surface area contributed by atoms with Crippen molar-refractivity contribution in [3.63, 3.8) is 0 Å². The van der Waals surface area contributed by atoms with Crippen LogP contribution in [0.2, 0.25) is 0 Å². The molecule has 0 aliphatic rings. The molecular weight excluding hydrogens is 330 g/mol. The molecule has 3 aromatic rings. The molecule has 0 amide bonds. The molecule has 0 aliphatic heterocycles. The van der Waals surface area contributed by atoms with Gasteiger partial charge in [-0.15, -0.1) is 0 Å². The molecule has 4 nitrogen and oxygen atoms in total. The molecule has 0 saturated carbocycles. The van der Waals surface area contributed by atoms with Gasteiger partial charge in [-0.25, -0.2) is 4.98 Å². The van der Waals surface area contributed by atoms with Gasteiger partial charge in [0.25, 0.3) is 0 Å². The van der Waals surface area contributed by atoms with Crippen molar-refractivity contribution in [1.82, 2.24) is 9.38 Å². The Bertz CT molecular complexity index is 797. The van der Waals surface area contributed by atoms with E-state index in [1.807, 2.05) is 48.5 Å². The minimum Gasteiger partial charge on any atom is -0.353 e. The van der Waals surface area contributed by atoms with Crippen LogP contribution in [0.4, 0.5) is 5.82 Å². The third kappa shape index (κ3) is 2.69. The van der Waals surface area contributed by atoms with Gasteiger partial charge in [-0.05, 0) is 29.8 Å². The summed E-state index contributed by atoms with van der Waals surface area (Å²) in [6.07, 6.45) is 2.70. The molecule has 0 bridgehead atoms. The summed E-state index contributed by atoms with van der Waals surface area (Å²) in [5.74, 6) is 0.691. The van der Waals surface area contributed by atoms with E-state index in [0.29, 0.717) is 18.1 Å². The summed E-state index contributed by atoms with van der Waals surface area (Å²) >= 11 is 3.47. The van der Waals surface area contributed by atoms with Crippen LogP contribution in [-0.4, -0.2) is 22.7 Å². The van der Waals surface area contributed by atoms with Crippen molar-refractivity contribution < 1.29 is 4.79 Å². The van der Waals surface area contributed by atoms with E-state index in [1.165, 1.54) is 0 Å². The fraction of sp³-hybridized carbons (Fsp3) is 0.125. The number of hydrogen-bond acceptors (Lipinski definition) is 3. The zero-order valence-corrected chi connectivity index (χ0v) is 13.1.